The number of fused-ring (bicyclic) bond motifs is 4. The number of benzene rings is 3. The molecular formula is C30H32N2O6. The lowest BCUT2D eigenvalue weighted by molar-refractivity contribution is -0.0462. The zero-order chi connectivity index (χ0) is 26.6. The predicted octanol–water partition coefficient (Wildman–Crippen LogP) is 4.66. The van der Waals surface area contributed by atoms with Gasteiger partial charge in [-0.25, -0.2) is 9.59 Å². The van der Waals surface area contributed by atoms with Crippen LogP contribution in [-0.2, 0) is 11.2 Å². The molecule has 8 heteroatoms. The van der Waals surface area contributed by atoms with E-state index in [0.29, 0.717) is 12.5 Å². The Bertz CT molecular complexity index is 1290. The lowest BCUT2D eigenvalue weighted by Crippen LogP contribution is -2.53. The number of carboxylic acids is 1. The molecule has 0 unspecified atom stereocenters. The first-order valence-corrected chi connectivity index (χ1v) is 13.0. The van der Waals surface area contributed by atoms with Gasteiger partial charge in [0.15, 0.2) is 0 Å². The Labute approximate surface area is 221 Å². The van der Waals surface area contributed by atoms with E-state index in [1.807, 2.05) is 23.1 Å². The van der Waals surface area contributed by atoms with Crippen LogP contribution in [0.4, 0.5) is 4.79 Å². The van der Waals surface area contributed by atoms with E-state index in [2.05, 4.69) is 41.3 Å². The first-order chi connectivity index (χ1) is 18.4. The van der Waals surface area contributed by atoms with Crippen molar-refractivity contribution in [1.29, 1.82) is 0 Å². The largest absolute Gasteiger partial charge is 0.508 e. The summed E-state index contributed by atoms with van der Waals surface area (Å²) in [6.07, 6.45) is 3.09. The van der Waals surface area contributed by atoms with Crippen molar-refractivity contribution < 1.29 is 29.6 Å². The Morgan fingerprint density at radius 1 is 0.868 bits per heavy atom. The molecule has 38 heavy (non-hydrogen) atoms. The van der Waals surface area contributed by atoms with E-state index in [4.69, 9.17) is 20.1 Å². The molecule has 3 N–H and O–H groups in total. The standard InChI is InChI=1S/C23H26N2O2.C7H6O4/c26-23(27-21-16-24-13-10-18(21)11-14-24)25-15-12-17-6-4-5-9-20(17)22(25)19-7-2-1-3-8-19;8-4-1-2-6(9)5(3-4)7(10)11/h1-9,18,21-22H,10-16H2;1-3,8-9H,(H,10,11)/t21-,22-;/m0./s1. The molecule has 4 aliphatic rings. The third kappa shape index (κ3) is 5.45. The fourth-order valence-electron chi connectivity index (χ4n) is 5.69. The van der Waals surface area contributed by atoms with Gasteiger partial charge in [-0.15, -0.1) is 0 Å². The summed E-state index contributed by atoms with van der Waals surface area (Å²) < 4.78 is 6.08. The second-order valence-corrected chi connectivity index (χ2v) is 10.0. The molecule has 1 amide bonds. The van der Waals surface area contributed by atoms with Gasteiger partial charge in [0.25, 0.3) is 0 Å². The average Bonchev–Trinajstić information content (AvgIpc) is 2.95. The highest BCUT2D eigenvalue weighted by molar-refractivity contribution is 5.91. The van der Waals surface area contributed by atoms with Crippen LogP contribution in [0.3, 0.4) is 0 Å². The number of amides is 1. The summed E-state index contributed by atoms with van der Waals surface area (Å²) >= 11 is 0. The highest BCUT2D eigenvalue weighted by Crippen LogP contribution is 2.37. The van der Waals surface area contributed by atoms with Crippen LogP contribution in [0.15, 0.2) is 72.8 Å². The van der Waals surface area contributed by atoms with Gasteiger partial charge in [0.2, 0.25) is 0 Å². The van der Waals surface area contributed by atoms with E-state index < -0.39 is 5.97 Å². The lowest BCUT2D eigenvalue weighted by atomic mass is 9.86. The van der Waals surface area contributed by atoms with Gasteiger partial charge in [0.1, 0.15) is 23.2 Å². The molecular weight excluding hydrogens is 484 g/mol. The maximum absolute atomic E-state index is 13.2. The number of carbonyl (C=O) groups is 2. The summed E-state index contributed by atoms with van der Waals surface area (Å²) in [5.41, 5.74) is 3.40. The third-order valence-electron chi connectivity index (χ3n) is 7.69. The van der Waals surface area contributed by atoms with Gasteiger partial charge in [0.05, 0.1) is 6.04 Å². The molecule has 0 spiro atoms. The average molecular weight is 517 g/mol. The highest BCUT2D eigenvalue weighted by atomic mass is 16.6. The van der Waals surface area contributed by atoms with Gasteiger partial charge in [0, 0.05) is 13.1 Å². The summed E-state index contributed by atoms with van der Waals surface area (Å²) in [4.78, 5) is 27.9. The quantitative estimate of drug-likeness (QED) is 0.434. The van der Waals surface area contributed by atoms with E-state index in [0.717, 1.165) is 56.6 Å². The molecule has 0 saturated carbocycles. The molecule has 8 nitrogen and oxygen atoms in total. The number of nitrogens with zero attached hydrogens (tertiary/aromatic N) is 2. The predicted molar refractivity (Wildman–Crippen MR) is 141 cm³/mol. The zero-order valence-electron chi connectivity index (χ0n) is 21.1. The van der Waals surface area contributed by atoms with Crippen molar-refractivity contribution in [2.45, 2.75) is 31.4 Å². The van der Waals surface area contributed by atoms with Crippen molar-refractivity contribution in [3.8, 4) is 11.5 Å². The van der Waals surface area contributed by atoms with Gasteiger partial charge >= 0.3 is 12.1 Å². The minimum absolute atomic E-state index is 0.0496. The molecule has 0 radical (unpaired) electrons. The lowest BCUT2D eigenvalue weighted by Gasteiger charge is -2.45. The normalized spacial score (nSPS) is 23.5. The molecule has 2 bridgehead atoms. The minimum atomic E-state index is -1.27. The monoisotopic (exact) mass is 516 g/mol. The van der Waals surface area contributed by atoms with Gasteiger partial charge in [-0.2, -0.15) is 0 Å². The van der Waals surface area contributed by atoms with Crippen molar-refractivity contribution >= 4 is 12.1 Å². The van der Waals surface area contributed by atoms with Gasteiger partial charge in [-0.1, -0.05) is 54.6 Å². The van der Waals surface area contributed by atoms with Crippen molar-refractivity contribution in [3.05, 3.63) is 95.1 Å². The van der Waals surface area contributed by atoms with E-state index in [1.54, 1.807) is 0 Å². The summed E-state index contributed by atoms with van der Waals surface area (Å²) in [5, 5.41) is 26.1. The summed E-state index contributed by atoms with van der Waals surface area (Å²) in [6.45, 7) is 3.91. The highest BCUT2D eigenvalue weighted by Gasteiger charge is 2.39. The topological polar surface area (TPSA) is 111 Å². The maximum Gasteiger partial charge on any atom is 0.410 e. The minimum Gasteiger partial charge on any atom is -0.508 e. The van der Waals surface area contributed by atoms with Crippen LogP contribution < -0.4 is 0 Å². The van der Waals surface area contributed by atoms with Crippen LogP contribution in [0.5, 0.6) is 11.5 Å². The Hall–Kier alpha value is -4.04. The number of hydrogen-bond acceptors (Lipinski definition) is 6. The number of aromatic carboxylic acids is 1. The fourth-order valence-corrected chi connectivity index (χ4v) is 5.69. The van der Waals surface area contributed by atoms with E-state index in [1.165, 1.54) is 17.2 Å². The molecule has 198 valence electrons. The summed E-state index contributed by atoms with van der Waals surface area (Å²) in [6, 6.07) is 22.1. The number of ether oxygens (including phenoxy) is 1. The zero-order valence-corrected chi connectivity index (χ0v) is 21.1. The molecule has 7 rings (SSSR count). The van der Waals surface area contributed by atoms with Crippen molar-refractivity contribution in [1.82, 2.24) is 9.80 Å². The summed E-state index contributed by atoms with van der Waals surface area (Å²) in [7, 11) is 0. The van der Waals surface area contributed by atoms with Crippen LogP contribution in [0.2, 0.25) is 0 Å². The Kier molecular flexibility index (Phi) is 7.51. The fraction of sp³-hybridized carbons (Fsp3) is 0.333. The first kappa shape index (κ1) is 25.6. The number of aromatic hydroxyl groups is 2. The second kappa shape index (κ2) is 11.1. The Morgan fingerprint density at radius 3 is 2.24 bits per heavy atom. The van der Waals surface area contributed by atoms with Crippen LogP contribution in [0.25, 0.3) is 0 Å². The summed E-state index contributed by atoms with van der Waals surface area (Å²) in [5.74, 6) is -1.26. The van der Waals surface area contributed by atoms with Crippen LogP contribution >= 0.6 is 0 Å². The first-order valence-electron chi connectivity index (χ1n) is 13.0. The van der Waals surface area contributed by atoms with Gasteiger partial charge in [-0.05, 0) is 73.2 Å². The maximum atomic E-state index is 13.2. The number of phenols is 2. The van der Waals surface area contributed by atoms with Crippen LogP contribution in [0, 0.1) is 5.92 Å². The number of hydrogen-bond donors (Lipinski definition) is 3. The molecule has 0 aromatic heterocycles. The molecule has 2 atom stereocenters. The number of carboxylic acid groups (broad SMARTS) is 1. The molecule has 3 aromatic carbocycles. The molecule has 3 saturated heterocycles. The van der Waals surface area contributed by atoms with Crippen molar-refractivity contribution in [2.24, 2.45) is 5.92 Å². The van der Waals surface area contributed by atoms with E-state index in [9.17, 15) is 9.59 Å². The molecule has 4 heterocycles. The van der Waals surface area contributed by atoms with E-state index in [-0.39, 0.29) is 35.3 Å². The number of piperidine rings is 3. The number of phenolic OH excluding ortho intramolecular Hbond substituents is 1. The molecule has 4 aliphatic heterocycles. The van der Waals surface area contributed by atoms with Crippen molar-refractivity contribution in [2.75, 3.05) is 26.2 Å². The van der Waals surface area contributed by atoms with Gasteiger partial charge < -0.3 is 20.1 Å². The van der Waals surface area contributed by atoms with Crippen molar-refractivity contribution in [3.63, 3.8) is 0 Å². The Morgan fingerprint density at radius 2 is 1.58 bits per heavy atom. The smallest absolute Gasteiger partial charge is 0.410 e. The second-order valence-electron chi connectivity index (χ2n) is 10.0. The number of rotatable bonds is 3. The molecule has 3 fully saturated rings. The van der Waals surface area contributed by atoms with Crippen LogP contribution in [-0.4, -0.2) is 69.5 Å². The third-order valence-corrected chi connectivity index (χ3v) is 7.69. The Balaban J connectivity index is 0.000000226. The van der Waals surface area contributed by atoms with Crippen LogP contribution in [0.1, 0.15) is 45.9 Å². The van der Waals surface area contributed by atoms with Gasteiger partial charge in [-0.3, -0.25) is 9.80 Å². The SMILES string of the molecule is O=C(O)c1cc(O)ccc1O.O=C(O[C@H]1CN2CCC1CC2)N1CCc2ccccc2[C@@H]1c1ccccc1. The molecule has 0 aliphatic carbocycles. The number of carbonyl (C=O) groups excluding carboxylic acids is 1. The molecule has 3 aromatic rings. The van der Waals surface area contributed by atoms with E-state index >= 15 is 0 Å².